The number of carbonyl (C=O) groups is 1. The molecule has 0 aliphatic carbocycles. The molecule has 126 valence electrons. The Hall–Kier alpha value is -2.53. The van der Waals surface area contributed by atoms with E-state index in [0.29, 0.717) is 17.0 Å². The number of rotatable bonds is 4. The van der Waals surface area contributed by atoms with Crippen LogP contribution in [-0.2, 0) is 11.2 Å². The molecule has 2 aromatic rings. The summed E-state index contributed by atoms with van der Waals surface area (Å²) in [7, 11) is 3.62. The molecule has 2 N–H and O–H groups in total. The minimum Gasteiger partial charge on any atom is -0.497 e. The van der Waals surface area contributed by atoms with Crippen LogP contribution in [0.4, 0.5) is 11.4 Å². The van der Waals surface area contributed by atoms with E-state index in [0.717, 1.165) is 19.4 Å². The Morgan fingerprint density at radius 3 is 2.92 bits per heavy atom. The van der Waals surface area contributed by atoms with Crippen molar-refractivity contribution in [2.75, 3.05) is 30.9 Å². The molecule has 1 heterocycles. The van der Waals surface area contributed by atoms with Gasteiger partial charge in [0.1, 0.15) is 5.75 Å². The predicted octanol–water partition coefficient (Wildman–Crippen LogP) is 2.75. The number of nitrogens with one attached hydrogen (secondary N) is 1. The number of ether oxygens (including phenoxy) is 1. The first-order valence-corrected chi connectivity index (χ1v) is 8.05. The lowest BCUT2D eigenvalue weighted by atomic mass is 10.0. The molecule has 0 saturated heterocycles. The molecule has 2 aromatic carbocycles. The molecular formula is C19H22N2O3. The van der Waals surface area contributed by atoms with Crippen molar-refractivity contribution in [1.82, 2.24) is 0 Å². The van der Waals surface area contributed by atoms with Crippen LogP contribution in [0, 0.1) is 0 Å². The van der Waals surface area contributed by atoms with Crippen LogP contribution in [0.2, 0.25) is 0 Å². The lowest BCUT2D eigenvalue weighted by Gasteiger charge is -2.28. The number of fused-ring (bicyclic) bond motifs is 1. The van der Waals surface area contributed by atoms with Gasteiger partial charge in [-0.1, -0.05) is 12.1 Å². The summed E-state index contributed by atoms with van der Waals surface area (Å²) in [4.78, 5) is 14.6. The minimum atomic E-state index is -1.24. The van der Waals surface area contributed by atoms with Crippen LogP contribution in [0.3, 0.4) is 0 Å². The summed E-state index contributed by atoms with van der Waals surface area (Å²) in [5.74, 6) is 0.156. The van der Waals surface area contributed by atoms with Crippen LogP contribution in [0.25, 0.3) is 0 Å². The van der Waals surface area contributed by atoms with Gasteiger partial charge in [-0.3, -0.25) is 4.79 Å². The number of anilines is 2. The van der Waals surface area contributed by atoms with Crippen LogP contribution in [0.15, 0.2) is 42.5 Å². The van der Waals surface area contributed by atoms with Gasteiger partial charge in [0.25, 0.3) is 5.91 Å². The fourth-order valence-electron chi connectivity index (χ4n) is 3.04. The third kappa shape index (κ3) is 3.36. The van der Waals surface area contributed by atoms with Crippen LogP contribution in [0.5, 0.6) is 5.75 Å². The largest absolute Gasteiger partial charge is 0.497 e. The summed E-state index contributed by atoms with van der Waals surface area (Å²) >= 11 is 0. The average Bonchev–Trinajstić information content (AvgIpc) is 2.61. The van der Waals surface area contributed by atoms with Gasteiger partial charge in [-0.05, 0) is 54.3 Å². The molecule has 0 spiro atoms. The van der Waals surface area contributed by atoms with E-state index < -0.39 is 12.0 Å². The van der Waals surface area contributed by atoms with Gasteiger partial charge < -0.3 is 20.1 Å². The summed E-state index contributed by atoms with van der Waals surface area (Å²) in [5, 5.41) is 13.1. The van der Waals surface area contributed by atoms with Crippen molar-refractivity contribution < 1.29 is 14.6 Å². The van der Waals surface area contributed by atoms with Crippen LogP contribution in [0.1, 0.15) is 23.7 Å². The van der Waals surface area contributed by atoms with Crippen molar-refractivity contribution in [2.24, 2.45) is 0 Å². The van der Waals surface area contributed by atoms with Gasteiger partial charge in [-0.2, -0.15) is 0 Å². The Labute approximate surface area is 141 Å². The van der Waals surface area contributed by atoms with E-state index in [1.165, 1.54) is 11.3 Å². The number of hydrogen-bond acceptors (Lipinski definition) is 4. The molecule has 0 saturated carbocycles. The number of carbonyl (C=O) groups excluding carboxylic acids is 1. The van der Waals surface area contributed by atoms with E-state index in [1.54, 1.807) is 31.4 Å². The van der Waals surface area contributed by atoms with Crippen LogP contribution in [-0.4, -0.2) is 31.7 Å². The Morgan fingerprint density at radius 1 is 1.29 bits per heavy atom. The van der Waals surface area contributed by atoms with Crippen molar-refractivity contribution in [3.8, 4) is 5.75 Å². The third-order valence-corrected chi connectivity index (χ3v) is 4.36. The molecule has 1 aliphatic rings. The van der Waals surface area contributed by atoms with E-state index in [-0.39, 0.29) is 0 Å². The van der Waals surface area contributed by atoms with Crippen molar-refractivity contribution in [2.45, 2.75) is 18.9 Å². The van der Waals surface area contributed by atoms with Crippen molar-refractivity contribution in [1.29, 1.82) is 0 Å². The highest BCUT2D eigenvalue weighted by molar-refractivity contribution is 5.95. The zero-order chi connectivity index (χ0) is 17.1. The second-order valence-corrected chi connectivity index (χ2v) is 6.04. The first kappa shape index (κ1) is 16.3. The average molecular weight is 326 g/mol. The van der Waals surface area contributed by atoms with E-state index >= 15 is 0 Å². The van der Waals surface area contributed by atoms with E-state index in [2.05, 4.69) is 17.3 Å². The number of hydrogen-bond donors (Lipinski definition) is 2. The quantitative estimate of drug-likeness (QED) is 0.907. The molecule has 3 rings (SSSR count). The van der Waals surface area contributed by atoms with Gasteiger partial charge in [0.05, 0.1) is 7.11 Å². The zero-order valence-electron chi connectivity index (χ0n) is 14.0. The number of aliphatic hydroxyl groups excluding tert-OH is 1. The maximum Gasteiger partial charge on any atom is 0.257 e. The van der Waals surface area contributed by atoms with Crippen molar-refractivity contribution in [3.05, 3.63) is 53.6 Å². The number of nitrogens with zero attached hydrogens (tertiary/aromatic N) is 1. The Bertz CT molecular complexity index is 745. The standard InChI is InChI=1S/C19H22N2O3/c1-21-10-4-6-13-11-15(8-9-17(13)21)20-19(23)18(22)14-5-3-7-16(12-14)24-2/h3,5,7-9,11-12,18,22H,4,6,10H2,1-2H3,(H,20,23). The number of amides is 1. The fraction of sp³-hybridized carbons (Fsp3) is 0.316. The lowest BCUT2D eigenvalue weighted by Crippen LogP contribution is -2.25. The SMILES string of the molecule is COc1cccc(C(O)C(=O)Nc2ccc3c(c2)CCCN3C)c1. The third-order valence-electron chi connectivity index (χ3n) is 4.36. The second kappa shape index (κ2) is 6.93. The summed E-state index contributed by atoms with van der Waals surface area (Å²) in [5.41, 5.74) is 3.63. The maximum atomic E-state index is 12.3. The Morgan fingerprint density at radius 2 is 2.12 bits per heavy atom. The molecular weight excluding hydrogens is 304 g/mol. The summed E-state index contributed by atoms with van der Waals surface area (Å²) in [6.07, 6.45) is 0.869. The number of benzene rings is 2. The number of aliphatic hydroxyl groups is 1. The van der Waals surface area contributed by atoms with Gasteiger partial charge in [0.15, 0.2) is 6.10 Å². The molecule has 1 amide bonds. The monoisotopic (exact) mass is 326 g/mol. The number of aryl methyl sites for hydroxylation is 1. The fourth-order valence-corrected chi connectivity index (χ4v) is 3.04. The summed E-state index contributed by atoms with van der Waals surface area (Å²) in [6, 6.07) is 12.8. The molecule has 5 heteroatoms. The molecule has 1 atom stereocenters. The Kier molecular flexibility index (Phi) is 4.71. The normalized spacial score (nSPS) is 14.7. The molecule has 0 radical (unpaired) electrons. The highest BCUT2D eigenvalue weighted by atomic mass is 16.5. The molecule has 5 nitrogen and oxygen atoms in total. The smallest absolute Gasteiger partial charge is 0.257 e. The molecule has 0 bridgehead atoms. The van der Waals surface area contributed by atoms with E-state index in [4.69, 9.17) is 4.74 Å². The number of methoxy groups -OCH3 is 1. The van der Waals surface area contributed by atoms with Gasteiger partial charge >= 0.3 is 0 Å². The predicted molar refractivity (Wildman–Crippen MR) is 94.6 cm³/mol. The highest BCUT2D eigenvalue weighted by Crippen LogP contribution is 2.29. The maximum absolute atomic E-state index is 12.3. The highest BCUT2D eigenvalue weighted by Gasteiger charge is 2.19. The topological polar surface area (TPSA) is 61.8 Å². The molecule has 1 unspecified atom stereocenters. The minimum absolute atomic E-state index is 0.452. The molecule has 0 fully saturated rings. The zero-order valence-corrected chi connectivity index (χ0v) is 14.0. The van der Waals surface area contributed by atoms with E-state index in [1.807, 2.05) is 18.2 Å². The molecule has 1 aliphatic heterocycles. The lowest BCUT2D eigenvalue weighted by molar-refractivity contribution is -0.124. The van der Waals surface area contributed by atoms with E-state index in [9.17, 15) is 9.90 Å². The second-order valence-electron chi connectivity index (χ2n) is 6.04. The Balaban J connectivity index is 1.74. The van der Waals surface area contributed by atoms with Crippen molar-refractivity contribution in [3.63, 3.8) is 0 Å². The van der Waals surface area contributed by atoms with Gasteiger partial charge in [-0.25, -0.2) is 0 Å². The van der Waals surface area contributed by atoms with Gasteiger partial charge in [0, 0.05) is 25.0 Å². The van der Waals surface area contributed by atoms with Crippen LogP contribution >= 0.6 is 0 Å². The van der Waals surface area contributed by atoms with Crippen LogP contribution < -0.4 is 15.0 Å². The first-order valence-electron chi connectivity index (χ1n) is 8.05. The van der Waals surface area contributed by atoms with Crippen molar-refractivity contribution >= 4 is 17.3 Å². The first-order chi connectivity index (χ1) is 11.6. The molecule has 0 aromatic heterocycles. The molecule has 24 heavy (non-hydrogen) atoms. The summed E-state index contributed by atoms with van der Waals surface area (Å²) < 4.78 is 5.13. The van der Waals surface area contributed by atoms with Gasteiger partial charge in [0.2, 0.25) is 0 Å². The summed E-state index contributed by atoms with van der Waals surface area (Å²) in [6.45, 7) is 1.05. The van der Waals surface area contributed by atoms with Gasteiger partial charge in [-0.15, -0.1) is 0 Å².